The summed E-state index contributed by atoms with van der Waals surface area (Å²) in [6.45, 7) is 3.30. The monoisotopic (exact) mass is 184 g/mol. The van der Waals surface area contributed by atoms with Crippen molar-refractivity contribution in [3.63, 3.8) is 0 Å². The molecule has 1 aliphatic carbocycles. The molecule has 0 spiro atoms. The third-order valence-corrected chi connectivity index (χ3v) is 3.35. The molecule has 3 N–H and O–H groups in total. The van der Waals surface area contributed by atoms with Crippen LogP contribution in [0, 0.1) is 0 Å². The second-order valence-corrected chi connectivity index (χ2v) is 4.65. The lowest BCUT2D eigenvalue weighted by Gasteiger charge is -2.30. The minimum atomic E-state index is -0.278. The highest BCUT2D eigenvalue weighted by atomic mass is 16.3. The quantitative estimate of drug-likeness (QED) is 0.664. The first-order valence-corrected chi connectivity index (χ1v) is 5.38. The fourth-order valence-electron chi connectivity index (χ4n) is 1.94. The molecular formula is C10H20N2O. The van der Waals surface area contributed by atoms with Gasteiger partial charge in [0.1, 0.15) is 0 Å². The van der Waals surface area contributed by atoms with Crippen molar-refractivity contribution < 1.29 is 5.11 Å². The van der Waals surface area contributed by atoms with Crippen LogP contribution in [0.15, 0.2) is 0 Å². The number of aliphatic hydroxyl groups is 1. The van der Waals surface area contributed by atoms with Crippen LogP contribution >= 0.6 is 0 Å². The first-order chi connectivity index (χ1) is 6.18. The number of hydrogen-bond acceptors (Lipinski definition) is 3. The Morgan fingerprint density at radius 2 is 1.92 bits per heavy atom. The van der Waals surface area contributed by atoms with Crippen molar-refractivity contribution >= 4 is 0 Å². The molecule has 2 fully saturated rings. The summed E-state index contributed by atoms with van der Waals surface area (Å²) in [5.74, 6) is 0. The molecule has 0 aromatic carbocycles. The van der Waals surface area contributed by atoms with Gasteiger partial charge in [0.2, 0.25) is 0 Å². The number of hydrogen-bond donors (Lipinski definition) is 2. The summed E-state index contributed by atoms with van der Waals surface area (Å²) in [6.07, 6.45) is 5.24. The maximum atomic E-state index is 9.66. The van der Waals surface area contributed by atoms with Gasteiger partial charge in [-0.25, -0.2) is 0 Å². The fraction of sp³-hybridized carbons (Fsp3) is 1.00. The zero-order valence-electron chi connectivity index (χ0n) is 8.21. The van der Waals surface area contributed by atoms with E-state index in [4.69, 9.17) is 5.73 Å². The molecule has 0 unspecified atom stereocenters. The van der Waals surface area contributed by atoms with E-state index in [0.29, 0.717) is 6.04 Å². The summed E-state index contributed by atoms with van der Waals surface area (Å²) in [4.78, 5) is 2.43. The Kier molecular flexibility index (Phi) is 2.58. The highest BCUT2D eigenvalue weighted by Gasteiger charge is 2.39. The third-order valence-electron chi connectivity index (χ3n) is 3.35. The van der Waals surface area contributed by atoms with Crippen molar-refractivity contribution in [3.05, 3.63) is 0 Å². The maximum Gasteiger partial charge on any atom is 0.0662 e. The van der Waals surface area contributed by atoms with Crippen LogP contribution in [0.2, 0.25) is 0 Å². The molecule has 2 aliphatic rings. The van der Waals surface area contributed by atoms with Gasteiger partial charge in [-0.05, 0) is 45.2 Å². The van der Waals surface area contributed by atoms with E-state index < -0.39 is 0 Å². The number of nitrogens with two attached hydrogens (primary N) is 1. The van der Waals surface area contributed by atoms with E-state index in [9.17, 15) is 5.11 Å². The van der Waals surface area contributed by atoms with Crippen LogP contribution in [0.4, 0.5) is 0 Å². The van der Waals surface area contributed by atoms with Crippen molar-refractivity contribution in [1.82, 2.24) is 4.90 Å². The molecule has 0 bridgehead atoms. The number of nitrogens with zero attached hydrogens (tertiary/aromatic N) is 1. The summed E-state index contributed by atoms with van der Waals surface area (Å²) >= 11 is 0. The Morgan fingerprint density at radius 3 is 2.46 bits per heavy atom. The van der Waals surface area contributed by atoms with E-state index >= 15 is 0 Å². The molecule has 3 heteroatoms. The Morgan fingerprint density at radius 1 is 1.31 bits per heavy atom. The molecule has 3 nitrogen and oxygen atoms in total. The lowest BCUT2D eigenvalue weighted by Crippen LogP contribution is -2.40. The zero-order valence-corrected chi connectivity index (χ0v) is 8.21. The van der Waals surface area contributed by atoms with Crippen LogP contribution in [0.1, 0.15) is 32.1 Å². The number of rotatable bonds is 3. The molecule has 1 saturated carbocycles. The second kappa shape index (κ2) is 3.56. The predicted molar refractivity (Wildman–Crippen MR) is 52.5 cm³/mol. The Labute approximate surface area is 79.9 Å². The minimum Gasteiger partial charge on any atom is -0.390 e. The molecule has 13 heavy (non-hydrogen) atoms. The van der Waals surface area contributed by atoms with Crippen LogP contribution in [0.3, 0.4) is 0 Å². The Hall–Kier alpha value is -0.120. The average molecular weight is 184 g/mol. The first kappa shape index (κ1) is 9.44. The van der Waals surface area contributed by atoms with Crippen molar-refractivity contribution in [2.24, 2.45) is 5.73 Å². The predicted octanol–water partition coefficient (Wildman–Crippen LogP) is 0.324. The van der Waals surface area contributed by atoms with Gasteiger partial charge in [0.25, 0.3) is 0 Å². The van der Waals surface area contributed by atoms with E-state index in [1.54, 1.807) is 0 Å². The third kappa shape index (κ3) is 2.66. The first-order valence-electron chi connectivity index (χ1n) is 5.38. The molecule has 1 aliphatic heterocycles. The molecule has 0 atom stereocenters. The van der Waals surface area contributed by atoms with Gasteiger partial charge in [-0.1, -0.05) is 0 Å². The van der Waals surface area contributed by atoms with Gasteiger partial charge in [0.05, 0.1) is 5.60 Å². The highest BCUT2D eigenvalue weighted by molar-refractivity contribution is 4.94. The highest BCUT2D eigenvalue weighted by Crippen LogP contribution is 2.38. The smallest absolute Gasteiger partial charge is 0.0662 e. The molecule has 0 aromatic rings. The van der Waals surface area contributed by atoms with Crippen molar-refractivity contribution in [2.75, 3.05) is 19.6 Å². The van der Waals surface area contributed by atoms with Crippen molar-refractivity contribution in [1.29, 1.82) is 0 Å². The minimum absolute atomic E-state index is 0.278. The van der Waals surface area contributed by atoms with Crippen LogP contribution in [0.5, 0.6) is 0 Å². The lowest BCUT2D eigenvalue weighted by molar-refractivity contribution is 0.111. The number of piperidine rings is 1. The van der Waals surface area contributed by atoms with E-state index in [2.05, 4.69) is 4.90 Å². The van der Waals surface area contributed by atoms with E-state index in [0.717, 1.165) is 51.7 Å². The standard InChI is InChI=1S/C10H20N2O/c11-9-1-6-12(7-2-9)8-5-10(13)3-4-10/h9,13H,1-8,11H2. The fourth-order valence-corrected chi connectivity index (χ4v) is 1.94. The van der Waals surface area contributed by atoms with Gasteiger partial charge in [-0.2, -0.15) is 0 Å². The SMILES string of the molecule is NC1CCN(CCC2(O)CC2)CC1. The summed E-state index contributed by atoms with van der Waals surface area (Å²) < 4.78 is 0. The molecule has 0 amide bonds. The lowest BCUT2D eigenvalue weighted by atomic mass is 10.1. The average Bonchev–Trinajstić information content (AvgIpc) is 2.84. The van der Waals surface area contributed by atoms with E-state index in [1.165, 1.54) is 0 Å². The molecule has 76 valence electrons. The van der Waals surface area contributed by atoms with E-state index in [-0.39, 0.29) is 5.60 Å². The summed E-state index contributed by atoms with van der Waals surface area (Å²) in [6, 6.07) is 0.417. The van der Waals surface area contributed by atoms with Crippen molar-refractivity contribution in [2.45, 2.75) is 43.7 Å². The Bertz CT molecular complexity index is 172. The molecule has 0 radical (unpaired) electrons. The van der Waals surface area contributed by atoms with Gasteiger partial charge in [0.15, 0.2) is 0 Å². The van der Waals surface area contributed by atoms with Gasteiger partial charge in [-0.3, -0.25) is 0 Å². The summed E-state index contributed by atoms with van der Waals surface area (Å²) in [5, 5.41) is 9.66. The van der Waals surface area contributed by atoms with Crippen LogP contribution in [0.25, 0.3) is 0 Å². The molecule has 2 rings (SSSR count). The largest absolute Gasteiger partial charge is 0.390 e. The van der Waals surface area contributed by atoms with Crippen LogP contribution in [-0.4, -0.2) is 41.3 Å². The number of likely N-dealkylation sites (tertiary alicyclic amines) is 1. The summed E-state index contributed by atoms with van der Waals surface area (Å²) in [5.41, 5.74) is 5.54. The second-order valence-electron chi connectivity index (χ2n) is 4.65. The van der Waals surface area contributed by atoms with Crippen LogP contribution < -0.4 is 5.73 Å². The normalized spacial score (nSPS) is 29.1. The van der Waals surface area contributed by atoms with Gasteiger partial charge in [-0.15, -0.1) is 0 Å². The molecular weight excluding hydrogens is 164 g/mol. The van der Waals surface area contributed by atoms with Crippen LogP contribution in [-0.2, 0) is 0 Å². The maximum absolute atomic E-state index is 9.66. The van der Waals surface area contributed by atoms with Gasteiger partial charge >= 0.3 is 0 Å². The zero-order chi connectivity index (χ0) is 9.31. The summed E-state index contributed by atoms with van der Waals surface area (Å²) in [7, 11) is 0. The van der Waals surface area contributed by atoms with Gasteiger partial charge in [0, 0.05) is 12.6 Å². The Balaban J connectivity index is 1.65. The van der Waals surface area contributed by atoms with E-state index in [1.807, 2.05) is 0 Å². The molecule has 0 aromatic heterocycles. The van der Waals surface area contributed by atoms with Gasteiger partial charge < -0.3 is 15.7 Å². The topological polar surface area (TPSA) is 49.5 Å². The molecule has 1 saturated heterocycles. The van der Waals surface area contributed by atoms with Crippen molar-refractivity contribution in [3.8, 4) is 0 Å². The molecule has 1 heterocycles.